The molecule has 1 aliphatic heterocycles. The molecule has 0 saturated carbocycles. The predicted octanol–water partition coefficient (Wildman–Crippen LogP) is 4.75. The first-order chi connectivity index (χ1) is 14.9. The van der Waals surface area contributed by atoms with Crippen LogP contribution in [-0.4, -0.2) is 44.1 Å². The smallest absolute Gasteiger partial charge is 0.410 e. The molecule has 0 radical (unpaired) electrons. The van der Waals surface area contributed by atoms with Crippen molar-refractivity contribution in [1.82, 2.24) is 4.90 Å². The van der Waals surface area contributed by atoms with Crippen molar-refractivity contribution >= 4 is 27.5 Å². The second kappa shape index (κ2) is 9.36. The molecule has 9 heteroatoms. The molecule has 3 rings (SSSR count). The molecule has 2 aromatic rings. The number of rotatable bonds is 5. The molecule has 0 atom stereocenters. The Hall–Kier alpha value is -2.81. The number of halogens is 1. The summed E-state index contributed by atoms with van der Waals surface area (Å²) >= 11 is 0. The highest BCUT2D eigenvalue weighted by atomic mass is 32.2. The first kappa shape index (κ1) is 23.8. The minimum atomic E-state index is -3.87. The summed E-state index contributed by atoms with van der Waals surface area (Å²) in [5.41, 5.74) is 0.608. The second-order valence-corrected chi connectivity index (χ2v) is 10.6. The zero-order chi connectivity index (χ0) is 23.5. The van der Waals surface area contributed by atoms with E-state index >= 15 is 0 Å². The van der Waals surface area contributed by atoms with Crippen molar-refractivity contribution < 1.29 is 22.3 Å². The van der Waals surface area contributed by atoms with Gasteiger partial charge in [0, 0.05) is 19.1 Å². The molecular weight excluding hydrogens is 433 g/mol. The lowest BCUT2D eigenvalue weighted by Crippen LogP contribution is -2.44. The molecule has 2 aromatic carbocycles. The number of anilines is 2. The van der Waals surface area contributed by atoms with Crippen LogP contribution in [0.5, 0.6) is 0 Å². The van der Waals surface area contributed by atoms with E-state index in [4.69, 9.17) is 4.74 Å². The second-order valence-electron chi connectivity index (χ2n) is 8.97. The Labute approximate surface area is 189 Å². The topological polar surface area (TPSA) is 87.7 Å². The Bertz CT molecular complexity index is 1060. The van der Waals surface area contributed by atoms with Gasteiger partial charge >= 0.3 is 6.09 Å². The van der Waals surface area contributed by atoms with Crippen LogP contribution in [0.2, 0.25) is 0 Å². The minimum Gasteiger partial charge on any atom is -0.444 e. The van der Waals surface area contributed by atoms with Gasteiger partial charge in [-0.25, -0.2) is 17.6 Å². The van der Waals surface area contributed by atoms with E-state index in [0.29, 0.717) is 25.9 Å². The van der Waals surface area contributed by atoms with Crippen LogP contribution in [-0.2, 0) is 14.8 Å². The molecule has 0 aliphatic carbocycles. The number of hydrogen-bond acceptors (Lipinski definition) is 5. The molecule has 1 heterocycles. The number of ether oxygens (including phenoxy) is 1. The van der Waals surface area contributed by atoms with Crippen LogP contribution in [0.15, 0.2) is 47.4 Å². The lowest BCUT2D eigenvalue weighted by atomic mass is 10.0. The molecule has 174 valence electrons. The molecule has 0 bridgehead atoms. The first-order valence-corrected chi connectivity index (χ1v) is 12.1. The number of nitrogens with one attached hydrogen (secondary N) is 2. The average Bonchev–Trinajstić information content (AvgIpc) is 2.70. The van der Waals surface area contributed by atoms with Gasteiger partial charge in [0.1, 0.15) is 11.4 Å². The standard InChI is InChI=1S/C23H30FN3O4S/c1-16-8-10-18(11-9-16)32(29,30)26-20-7-5-6-19(24)21(20)25-17-12-14-27(15-13-17)22(28)31-23(2,3)4/h5-11,17,25-26H,12-15H2,1-4H3. The van der Waals surface area contributed by atoms with Crippen molar-refractivity contribution in [2.24, 2.45) is 0 Å². The van der Waals surface area contributed by atoms with E-state index in [0.717, 1.165) is 5.56 Å². The van der Waals surface area contributed by atoms with Crippen LogP contribution in [0.3, 0.4) is 0 Å². The van der Waals surface area contributed by atoms with E-state index < -0.39 is 21.4 Å². The number of carbonyl (C=O) groups excluding carboxylic acids is 1. The molecular formula is C23H30FN3O4S. The summed E-state index contributed by atoms with van der Waals surface area (Å²) in [5, 5.41) is 3.13. The third-order valence-corrected chi connectivity index (χ3v) is 6.47. The monoisotopic (exact) mass is 463 g/mol. The van der Waals surface area contributed by atoms with Gasteiger partial charge in [-0.2, -0.15) is 0 Å². The SMILES string of the molecule is Cc1ccc(S(=O)(=O)Nc2cccc(F)c2NC2CCN(C(=O)OC(C)(C)C)CC2)cc1. The Morgan fingerprint density at radius 1 is 1.09 bits per heavy atom. The first-order valence-electron chi connectivity index (χ1n) is 10.6. The molecule has 1 fully saturated rings. The number of likely N-dealkylation sites (tertiary alicyclic amines) is 1. The zero-order valence-corrected chi connectivity index (χ0v) is 19.6. The number of hydrogen-bond donors (Lipinski definition) is 2. The summed E-state index contributed by atoms with van der Waals surface area (Å²) in [5.74, 6) is -0.552. The number of sulfonamides is 1. The highest BCUT2D eigenvalue weighted by Crippen LogP contribution is 2.30. The van der Waals surface area contributed by atoms with E-state index in [9.17, 15) is 17.6 Å². The Morgan fingerprint density at radius 3 is 2.31 bits per heavy atom. The van der Waals surface area contributed by atoms with Crippen molar-refractivity contribution in [1.29, 1.82) is 0 Å². The predicted molar refractivity (Wildman–Crippen MR) is 123 cm³/mol. The molecule has 1 saturated heterocycles. The average molecular weight is 464 g/mol. The fourth-order valence-electron chi connectivity index (χ4n) is 3.41. The van der Waals surface area contributed by atoms with Gasteiger partial charge in [-0.1, -0.05) is 23.8 Å². The summed E-state index contributed by atoms with van der Waals surface area (Å²) in [4.78, 5) is 14.0. The summed E-state index contributed by atoms with van der Waals surface area (Å²) in [6, 6.07) is 10.6. The van der Waals surface area contributed by atoms with Crippen LogP contribution in [0.4, 0.5) is 20.6 Å². The van der Waals surface area contributed by atoms with Gasteiger partial charge in [0.25, 0.3) is 10.0 Å². The number of benzene rings is 2. The van der Waals surface area contributed by atoms with E-state index in [-0.39, 0.29) is 28.4 Å². The van der Waals surface area contributed by atoms with Crippen molar-refractivity contribution in [2.45, 2.75) is 57.1 Å². The van der Waals surface area contributed by atoms with Crippen LogP contribution in [0, 0.1) is 12.7 Å². The number of carbonyl (C=O) groups is 1. The maximum Gasteiger partial charge on any atom is 0.410 e. The largest absolute Gasteiger partial charge is 0.444 e. The maximum atomic E-state index is 14.6. The number of para-hydroxylation sites is 1. The lowest BCUT2D eigenvalue weighted by molar-refractivity contribution is 0.0210. The number of nitrogens with zero attached hydrogens (tertiary/aromatic N) is 1. The molecule has 1 aliphatic rings. The van der Waals surface area contributed by atoms with E-state index in [1.807, 2.05) is 27.7 Å². The summed E-state index contributed by atoms with van der Waals surface area (Å²) in [7, 11) is -3.87. The fourth-order valence-corrected chi connectivity index (χ4v) is 4.49. The molecule has 7 nitrogen and oxygen atoms in total. The Kier molecular flexibility index (Phi) is 6.97. The highest BCUT2D eigenvalue weighted by Gasteiger charge is 2.28. The van der Waals surface area contributed by atoms with Crippen molar-refractivity contribution in [3.63, 3.8) is 0 Å². The number of piperidine rings is 1. The summed E-state index contributed by atoms with van der Waals surface area (Å²) in [6.07, 6.45) is 0.795. The highest BCUT2D eigenvalue weighted by molar-refractivity contribution is 7.92. The Balaban J connectivity index is 1.70. The van der Waals surface area contributed by atoms with Gasteiger partial charge in [-0.3, -0.25) is 4.72 Å². The molecule has 1 amide bonds. The minimum absolute atomic E-state index is 0.0962. The van der Waals surface area contributed by atoms with Crippen molar-refractivity contribution in [3.05, 3.63) is 53.8 Å². The van der Waals surface area contributed by atoms with Gasteiger partial charge in [-0.15, -0.1) is 0 Å². The fraction of sp³-hybridized carbons (Fsp3) is 0.435. The van der Waals surface area contributed by atoms with Gasteiger partial charge < -0.3 is 15.0 Å². The van der Waals surface area contributed by atoms with Gasteiger partial charge in [0.2, 0.25) is 0 Å². The molecule has 32 heavy (non-hydrogen) atoms. The molecule has 0 aromatic heterocycles. The summed E-state index contributed by atoms with van der Waals surface area (Å²) < 4.78 is 48.1. The normalized spacial score (nSPS) is 15.3. The number of aryl methyl sites for hydroxylation is 1. The van der Waals surface area contributed by atoms with Crippen LogP contribution >= 0.6 is 0 Å². The third kappa shape index (κ3) is 6.12. The van der Waals surface area contributed by atoms with Crippen LogP contribution < -0.4 is 10.0 Å². The van der Waals surface area contributed by atoms with Gasteiger partial charge in [-0.05, 0) is 64.8 Å². The van der Waals surface area contributed by atoms with Crippen LogP contribution in [0.1, 0.15) is 39.2 Å². The van der Waals surface area contributed by atoms with Crippen LogP contribution in [0.25, 0.3) is 0 Å². The Morgan fingerprint density at radius 2 is 1.72 bits per heavy atom. The molecule has 0 spiro atoms. The number of amides is 1. The third-order valence-electron chi connectivity index (χ3n) is 5.08. The van der Waals surface area contributed by atoms with Crippen molar-refractivity contribution in [2.75, 3.05) is 23.1 Å². The van der Waals surface area contributed by atoms with Crippen molar-refractivity contribution in [3.8, 4) is 0 Å². The lowest BCUT2D eigenvalue weighted by Gasteiger charge is -2.34. The van der Waals surface area contributed by atoms with E-state index in [1.54, 1.807) is 17.0 Å². The summed E-state index contributed by atoms with van der Waals surface area (Å²) in [6.45, 7) is 8.24. The van der Waals surface area contributed by atoms with E-state index in [1.165, 1.54) is 30.3 Å². The quantitative estimate of drug-likeness (QED) is 0.668. The van der Waals surface area contributed by atoms with Gasteiger partial charge in [0.05, 0.1) is 16.3 Å². The molecule has 0 unspecified atom stereocenters. The molecule has 2 N–H and O–H groups in total. The van der Waals surface area contributed by atoms with E-state index in [2.05, 4.69) is 10.0 Å². The maximum absolute atomic E-state index is 14.6. The van der Waals surface area contributed by atoms with Gasteiger partial charge in [0.15, 0.2) is 0 Å². The zero-order valence-electron chi connectivity index (χ0n) is 18.8.